The van der Waals surface area contributed by atoms with Gasteiger partial charge in [-0.1, -0.05) is 48.0 Å². The Hall–Kier alpha value is -5.09. The molecule has 7 heteroatoms. The number of rotatable bonds is 10. The van der Waals surface area contributed by atoms with Crippen LogP contribution in [-0.2, 0) is 18.0 Å². The van der Waals surface area contributed by atoms with Crippen molar-refractivity contribution in [2.75, 3.05) is 12.4 Å². The molecule has 0 radical (unpaired) electrons. The van der Waals surface area contributed by atoms with Gasteiger partial charge in [-0.05, 0) is 78.2 Å². The van der Waals surface area contributed by atoms with Crippen molar-refractivity contribution in [1.82, 2.24) is 0 Å². The summed E-state index contributed by atoms with van der Waals surface area (Å²) < 4.78 is 30.1. The average Bonchev–Trinajstić information content (AvgIpc) is 2.96. The van der Waals surface area contributed by atoms with E-state index in [9.17, 15) is 14.4 Å². The van der Waals surface area contributed by atoms with Crippen LogP contribution in [-0.4, -0.2) is 13.0 Å². The fraction of sp³-hybridized carbons (Fsp3) is 0.125. The Bertz CT molecular complexity index is 1490. The zero-order chi connectivity index (χ0) is 27.6. The molecule has 196 valence electrons. The first-order valence-electron chi connectivity index (χ1n) is 12.2. The zero-order valence-corrected chi connectivity index (χ0v) is 21.6. The average molecular weight is 523 g/mol. The third-order valence-electron chi connectivity index (χ3n) is 5.81. The maximum Gasteiger partial charge on any atom is 0.266 e. The lowest BCUT2D eigenvalue weighted by molar-refractivity contribution is -0.112. The van der Waals surface area contributed by atoms with Crippen molar-refractivity contribution in [1.29, 1.82) is 5.26 Å². The summed E-state index contributed by atoms with van der Waals surface area (Å²) in [6, 6.07) is 28.1. The van der Waals surface area contributed by atoms with E-state index in [1.807, 2.05) is 37.3 Å². The molecule has 0 aliphatic rings. The van der Waals surface area contributed by atoms with E-state index in [0.29, 0.717) is 35.1 Å². The van der Waals surface area contributed by atoms with Gasteiger partial charge in [0, 0.05) is 5.69 Å². The molecule has 4 rings (SSSR count). The molecule has 6 nitrogen and oxygen atoms in total. The van der Waals surface area contributed by atoms with Crippen LogP contribution in [0.5, 0.6) is 17.2 Å². The molecule has 0 bridgehead atoms. The lowest BCUT2D eigenvalue weighted by Crippen LogP contribution is -2.13. The second-order valence-corrected chi connectivity index (χ2v) is 8.75. The smallest absolute Gasteiger partial charge is 0.266 e. The van der Waals surface area contributed by atoms with Gasteiger partial charge >= 0.3 is 0 Å². The summed E-state index contributed by atoms with van der Waals surface area (Å²) >= 11 is 0. The highest BCUT2D eigenvalue weighted by Gasteiger charge is 2.12. The molecule has 4 aromatic rings. The minimum atomic E-state index is -0.540. The molecule has 0 aromatic heterocycles. The van der Waals surface area contributed by atoms with E-state index >= 15 is 0 Å². The number of anilines is 1. The van der Waals surface area contributed by atoms with E-state index in [-0.39, 0.29) is 18.0 Å². The molecule has 0 saturated heterocycles. The largest absolute Gasteiger partial charge is 0.493 e. The van der Waals surface area contributed by atoms with Crippen LogP contribution >= 0.6 is 0 Å². The molecular formula is C32H27FN2O4. The van der Waals surface area contributed by atoms with Crippen LogP contribution < -0.4 is 19.5 Å². The minimum Gasteiger partial charge on any atom is -0.493 e. The topological polar surface area (TPSA) is 80.6 Å². The van der Waals surface area contributed by atoms with Crippen LogP contribution in [0.4, 0.5) is 10.1 Å². The molecule has 0 aliphatic heterocycles. The van der Waals surface area contributed by atoms with Gasteiger partial charge < -0.3 is 19.5 Å². The van der Waals surface area contributed by atoms with Gasteiger partial charge in [-0.2, -0.15) is 5.26 Å². The third kappa shape index (κ3) is 7.70. The molecule has 39 heavy (non-hydrogen) atoms. The number of carbonyl (C=O) groups excluding carboxylic acids is 1. The van der Waals surface area contributed by atoms with Gasteiger partial charge in [-0.15, -0.1) is 0 Å². The van der Waals surface area contributed by atoms with Crippen molar-refractivity contribution in [3.8, 4) is 23.3 Å². The molecule has 0 atom stereocenters. The van der Waals surface area contributed by atoms with Crippen LogP contribution in [0.15, 0.2) is 96.6 Å². The number of nitrogens with one attached hydrogen (secondary N) is 1. The van der Waals surface area contributed by atoms with Crippen LogP contribution in [0.2, 0.25) is 0 Å². The van der Waals surface area contributed by atoms with Crippen molar-refractivity contribution < 1.29 is 23.4 Å². The highest BCUT2D eigenvalue weighted by Crippen LogP contribution is 2.30. The molecule has 0 aliphatic carbocycles. The van der Waals surface area contributed by atoms with Gasteiger partial charge in [0.15, 0.2) is 11.5 Å². The number of ether oxygens (including phenoxy) is 3. The number of aryl methyl sites for hydroxylation is 1. The van der Waals surface area contributed by atoms with Crippen molar-refractivity contribution in [2.24, 2.45) is 0 Å². The van der Waals surface area contributed by atoms with Gasteiger partial charge in [0.05, 0.1) is 7.11 Å². The van der Waals surface area contributed by atoms with Gasteiger partial charge in [0.25, 0.3) is 5.91 Å². The molecule has 0 saturated carbocycles. The first-order valence-corrected chi connectivity index (χ1v) is 12.2. The van der Waals surface area contributed by atoms with Crippen molar-refractivity contribution in [2.45, 2.75) is 20.1 Å². The van der Waals surface area contributed by atoms with Crippen LogP contribution in [0.3, 0.4) is 0 Å². The molecule has 1 N–H and O–H groups in total. The number of hydrogen-bond acceptors (Lipinski definition) is 5. The van der Waals surface area contributed by atoms with Gasteiger partial charge in [-0.25, -0.2) is 4.39 Å². The van der Waals surface area contributed by atoms with Crippen molar-refractivity contribution >= 4 is 17.7 Å². The summed E-state index contributed by atoms with van der Waals surface area (Å²) in [4.78, 5) is 12.8. The minimum absolute atomic E-state index is 0.0725. The second kappa shape index (κ2) is 12.9. The van der Waals surface area contributed by atoms with E-state index in [0.717, 1.165) is 11.1 Å². The molecule has 0 unspecified atom stereocenters. The Balaban J connectivity index is 1.37. The van der Waals surface area contributed by atoms with Gasteiger partial charge in [0.2, 0.25) is 0 Å². The number of halogens is 1. The Morgan fingerprint density at radius 2 is 1.51 bits per heavy atom. The number of carbonyl (C=O) groups is 1. The maximum atomic E-state index is 13.1. The van der Waals surface area contributed by atoms with Gasteiger partial charge in [0.1, 0.15) is 36.4 Å². The summed E-state index contributed by atoms with van der Waals surface area (Å²) in [6.07, 6.45) is 1.47. The normalized spacial score (nSPS) is 10.9. The first kappa shape index (κ1) is 27.0. The summed E-state index contributed by atoms with van der Waals surface area (Å²) in [6.45, 7) is 2.70. The SMILES string of the molecule is COc1cc(/C=C(\C#N)C(=O)Nc2ccc(OCc3ccc(C)cc3)cc2)ccc1OCc1ccc(F)cc1. The Labute approximate surface area is 226 Å². The van der Waals surface area contributed by atoms with E-state index in [2.05, 4.69) is 5.32 Å². The summed E-state index contributed by atoms with van der Waals surface area (Å²) in [5.74, 6) is 0.723. The first-order chi connectivity index (χ1) is 18.9. The van der Waals surface area contributed by atoms with E-state index < -0.39 is 5.91 Å². The van der Waals surface area contributed by atoms with Crippen LogP contribution in [0, 0.1) is 24.1 Å². The van der Waals surface area contributed by atoms with Crippen molar-refractivity contribution in [3.63, 3.8) is 0 Å². The van der Waals surface area contributed by atoms with E-state index in [1.54, 1.807) is 54.6 Å². The zero-order valence-electron chi connectivity index (χ0n) is 21.6. The van der Waals surface area contributed by atoms with Crippen LogP contribution in [0.25, 0.3) is 6.08 Å². The molecule has 4 aromatic carbocycles. The maximum absolute atomic E-state index is 13.1. The Kier molecular flexibility index (Phi) is 8.94. The summed E-state index contributed by atoms with van der Waals surface area (Å²) in [5, 5.41) is 12.3. The van der Waals surface area contributed by atoms with Gasteiger partial charge in [-0.3, -0.25) is 4.79 Å². The predicted molar refractivity (Wildman–Crippen MR) is 148 cm³/mol. The van der Waals surface area contributed by atoms with E-state index in [4.69, 9.17) is 14.2 Å². The second-order valence-electron chi connectivity index (χ2n) is 8.75. The fourth-order valence-corrected chi connectivity index (χ4v) is 3.63. The monoisotopic (exact) mass is 522 g/mol. The number of benzene rings is 4. The van der Waals surface area contributed by atoms with Crippen LogP contribution in [0.1, 0.15) is 22.3 Å². The Morgan fingerprint density at radius 1 is 0.872 bits per heavy atom. The molecule has 0 heterocycles. The standard InChI is InChI=1S/C32H27FN2O4/c1-22-3-5-23(6-4-22)20-38-29-14-12-28(13-15-29)35-32(36)26(19-34)17-25-9-16-30(31(18-25)37-2)39-21-24-7-10-27(33)11-8-24/h3-18H,20-21H2,1-2H3,(H,35,36)/b26-17+. The van der Waals surface area contributed by atoms with Crippen molar-refractivity contribution in [3.05, 3.63) is 125 Å². The number of nitriles is 1. The lowest BCUT2D eigenvalue weighted by atomic mass is 10.1. The number of nitrogens with zero attached hydrogens (tertiary/aromatic N) is 1. The fourth-order valence-electron chi connectivity index (χ4n) is 3.63. The summed E-state index contributed by atoms with van der Waals surface area (Å²) in [7, 11) is 1.50. The van der Waals surface area contributed by atoms with E-state index in [1.165, 1.54) is 30.9 Å². The summed E-state index contributed by atoms with van der Waals surface area (Å²) in [5.41, 5.74) is 4.10. The lowest BCUT2D eigenvalue weighted by Gasteiger charge is -2.12. The molecule has 0 fully saturated rings. The molecule has 1 amide bonds. The number of hydrogen-bond donors (Lipinski definition) is 1. The quantitative estimate of drug-likeness (QED) is 0.182. The Morgan fingerprint density at radius 3 is 2.15 bits per heavy atom. The predicted octanol–water partition coefficient (Wildman–Crippen LogP) is 6.85. The highest BCUT2D eigenvalue weighted by molar-refractivity contribution is 6.09. The highest BCUT2D eigenvalue weighted by atomic mass is 19.1. The number of methoxy groups -OCH3 is 1. The molecular weight excluding hydrogens is 495 g/mol. The molecule has 0 spiro atoms. The number of amides is 1. The third-order valence-corrected chi connectivity index (χ3v) is 5.81.